The van der Waals surface area contributed by atoms with Crippen molar-refractivity contribution in [3.05, 3.63) is 52.6 Å². The van der Waals surface area contributed by atoms with E-state index in [2.05, 4.69) is 54.2 Å². The molecule has 0 saturated carbocycles. The highest BCUT2D eigenvalue weighted by atomic mass is 15.2. The van der Waals surface area contributed by atoms with Crippen LogP contribution in [0.4, 0.5) is 11.6 Å². The van der Waals surface area contributed by atoms with E-state index in [1.165, 1.54) is 22.5 Å². The highest BCUT2D eigenvalue weighted by molar-refractivity contribution is 5.61. The number of fused-ring (bicyclic) bond motifs is 1. The van der Waals surface area contributed by atoms with Crippen LogP contribution >= 0.6 is 0 Å². The number of aromatic nitrogens is 1. The summed E-state index contributed by atoms with van der Waals surface area (Å²) in [5.41, 5.74) is 4.54. The molecule has 5 heteroatoms. The first-order valence-electron chi connectivity index (χ1n) is 10.1. The van der Waals surface area contributed by atoms with Crippen molar-refractivity contribution in [2.24, 2.45) is 0 Å². The smallest absolute Gasteiger partial charge is 0.237 e. The quantitative estimate of drug-likeness (QED) is 0.787. The lowest BCUT2D eigenvalue weighted by Crippen LogP contribution is -3.11. The van der Waals surface area contributed by atoms with E-state index in [-0.39, 0.29) is 0 Å². The Morgan fingerprint density at radius 3 is 2.52 bits per heavy atom. The van der Waals surface area contributed by atoms with Gasteiger partial charge in [0, 0.05) is 6.42 Å². The number of aromatic amines is 1. The molecular weight excluding hydrogens is 334 g/mol. The second kappa shape index (κ2) is 8.88. The van der Waals surface area contributed by atoms with Crippen LogP contribution in [0.1, 0.15) is 43.0 Å². The summed E-state index contributed by atoms with van der Waals surface area (Å²) in [6.07, 6.45) is 0.963. The van der Waals surface area contributed by atoms with Crippen LogP contribution in [0.25, 0.3) is 0 Å². The van der Waals surface area contributed by atoms with Crippen molar-refractivity contribution in [2.45, 2.75) is 40.3 Å². The molecule has 2 heterocycles. The predicted octanol–water partition coefficient (Wildman–Crippen LogP) is 1.79. The minimum atomic E-state index is 0.703. The van der Waals surface area contributed by atoms with Gasteiger partial charge in [0.15, 0.2) is 0 Å². The first-order valence-corrected chi connectivity index (χ1v) is 10.1. The Balaban J connectivity index is 2.03. The number of hydrogen-bond acceptors (Lipinski definition) is 3. The van der Waals surface area contributed by atoms with Crippen LogP contribution in [-0.4, -0.2) is 26.2 Å². The molecule has 1 aromatic carbocycles. The Bertz CT molecular complexity index is 806. The lowest BCUT2D eigenvalue weighted by atomic mass is 9.95. The molecule has 1 atom stereocenters. The van der Waals surface area contributed by atoms with Gasteiger partial charge in [0.05, 0.1) is 38.3 Å². The Morgan fingerprint density at radius 1 is 1.15 bits per heavy atom. The lowest BCUT2D eigenvalue weighted by Gasteiger charge is -2.29. The first kappa shape index (κ1) is 19.2. The van der Waals surface area contributed by atoms with Gasteiger partial charge in [-0.1, -0.05) is 30.3 Å². The molecule has 5 nitrogen and oxygen atoms in total. The largest absolute Gasteiger partial charge is 0.331 e. The molecule has 0 bridgehead atoms. The second-order valence-electron chi connectivity index (χ2n) is 7.08. The number of hydrogen-bond donors (Lipinski definition) is 2. The lowest BCUT2D eigenvalue weighted by molar-refractivity contribution is -0.914. The van der Waals surface area contributed by atoms with Crippen LogP contribution in [0.2, 0.25) is 0 Å². The molecule has 1 unspecified atom stereocenters. The summed E-state index contributed by atoms with van der Waals surface area (Å²) in [5, 5.41) is 13.4. The minimum absolute atomic E-state index is 0.703. The average molecular weight is 366 g/mol. The predicted molar refractivity (Wildman–Crippen MR) is 109 cm³/mol. The van der Waals surface area contributed by atoms with Crippen molar-refractivity contribution in [1.82, 2.24) is 0 Å². The third-order valence-electron chi connectivity index (χ3n) is 5.60. The monoisotopic (exact) mass is 365 g/mol. The van der Waals surface area contributed by atoms with Gasteiger partial charge in [-0.05, 0) is 31.9 Å². The molecule has 27 heavy (non-hydrogen) atoms. The third kappa shape index (κ3) is 4.06. The number of quaternary nitrogens is 1. The summed E-state index contributed by atoms with van der Waals surface area (Å²) in [4.78, 5) is 7.54. The number of pyridine rings is 1. The van der Waals surface area contributed by atoms with Crippen molar-refractivity contribution >= 4 is 11.6 Å². The molecular formula is C22H31N5+2. The van der Waals surface area contributed by atoms with Crippen molar-refractivity contribution in [1.29, 1.82) is 5.26 Å². The van der Waals surface area contributed by atoms with Gasteiger partial charge >= 0.3 is 0 Å². The zero-order chi connectivity index (χ0) is 19.2. The number of anilines is 2. The van der Waals surface area contributed by atoms with E-state index in [4.69, 9.17) is 0 Å². The van der Waals surface area contributed by atoms with Gasteiger partial charge in [-0.3, -0.25) is 4.90 Å². The topological polar surface area (TPSA) is 57.6 Å². The molecule has 142 valence electrons. The van der Waals surface area contributed by atoms with Crippen LogP contribution in [-0.2, 0) is 19.5 Å². The van der Waals surface area contributed by atoms with Gasteiger partial charge in [-0.25, -0.2) is 4.98 Å². The van der Waals surface area contributed by atoms with Crippen molar-refractivity contribution in [3.8, 4) is 6.07 Å². The maximum absolute atomic E-state index is 9.91. The summed E-state index contributed by atoms with van der Waals surface area (Å²) >= 11 is 0. The summed E-state index contributed by atoms with van der Waals surface area (Å²) in [6, 6.07) is 12.8. The van der Waals surface area contributed by atoms with Crippen LogP contribution in [0.3, 0.4) is 0 Å². The number of benzene rings is 1. The summed E-state index contributed by atoms with van der Waals surface area (Å²) in [6.45, 7) is 12.4. The molecule has 0 saturated heterocycles. The summed E-state index contributed by atoms with van der Waals surface area (Å²) < 4.78 is 0. The first-order chi connectivity index (χ1) is 13.2. The molecule has 1 aliphatic rings. The Labute approximate surface area is 162 Å². The number of likely N-dealkylation sites (N-methyl/N-ethyl adjacent to an activating group) is 1. The summed E-state index contributed by atoms with van der Waals surface area (Å²) in [5.74, 6) is 2.03. The highest BCUT2D eigenvalue weighted by Gasteiger charge is 2.31. The molecule has 1 aromatic heterocycles. The molecule has 0 fully saturated rings. The van der Waals surface area contributed by atoms with Crippen LogP contribution < -0.4 is 20.1 Å². The fourth-order valence-corrected chi connectivity index (χ4v) is 3.96. The van der Waals surface area contributed by atoms with Gasteiger partial charge in [0.2, 0.25) is 11.6 Å². The van der Waals surface area contributed by atoms with Gasteiger partial charge < -0.3 is 10.2 Å². The van der Waals surface area contributed by atoms with Gasteiger partial charge in [0.1, 0.15) is 18.2 Å². The average Bonchev–Trinajstić information content (AvgIpc) is 2.73. The van der Waals surface area contributed by atoms with E-state index < -0.39 is 0 Å². The number of H-pyrrole nitrogens is 1. The minimum Gasteiger partial charge on any atom is -0.331 e. The van der Waals surface area contributed by atoms with E-state index in [0.29, 0.717) is 6.54 Å². The second-order valence-corrected chi connectivity index (χ2v) is 7.08. The molecule has 0 amide bonds. The molecule has 3 N–H and O–H groups in total. The highest BCUT2D eigenvalue weighted by Crippen LogP contribution is 2.27. The number of rotatable bonds is 7. The Kier molecular flexibility index (Phi) is 6.31. The molecule has 3 rings (SSSR count). The number of nitrogens with zero attached hydrogens (tertiary/aromatic N) is 2. The van der Waals surface area contributed by atoms with Crippen LogP contribution in [0.15, 0.2) is 30.3 Å². The molecule has 1 aliphatic heterocycles. The van der Waals surface area contributed by atoms with E-state index in [1.54, 1.807) is 4.90 Å². The van der Waals surface area contributed by atoms with Gasteiger partial charge in [-0.15, -0.1) is 0 Å². The Morgan fingerprint density at radius 2 is 1.89 bits per heavy atom. The third-order valence-corrected chi connectivity index (χ3v) is 5.60. The molecule has 0 radical (unpaired) electrons. The molecule has 2 aromatic rings. The van der Waals surface area contributed by atoms with Crippen molar-refractivity contribution < 1.29 is 9.88 Å². The van der Waals surface area contributed by atoms with E-state index >= 15 is 0 Å². The number of nitrogens with one attached hydrogen (secondary N) is 3. The SMILES string of the molecule is CCN(CC)c1[nH+]c(NCc2ccccc2)c(C#N)c2c1C[NH+](CC)CC2. The van der Waals surface area contributed by atoms with Crippen LogP contribution in [0, 0.1) is 11.3 Å². The zero-order valence-electron chi connectivity index (χ0n) is 16.7. The van der Waals surface area contributed by atoms with Gasteiger partial charge in [-0.2, -0.15) is 5.26 Å². The van der Waals surface area contributed by atoms with Crippen molar-refractivity contribution in [3.63, 3.8) is 0 Å². The standard InChI is InChI=1S/C22H29N5/c1-4-26-13-12-18-19(14-23)21(24-15-17-10-8-7-9-11-17)25-22(20(18)16-26)27(5-2)6-3/h7-11H,4-6,12-13,15-16H2,1-3H3,(H,24,25)/p+2. The maximum Gasteiger partial charge on any atom is 0.237 e. The summed E-state index contributed by atoms with van der Waals surface area (Å²) in [7, 11) is 0. The van der Waals surface area contributed by atoms with Crippen LogP contribution in [0.5, 0.6) is 0 Å². The Hall–Kier alpha value is -2.58. The van der Waals surface area contributed by atoms with E-state index in [0.717, 1.165) is 50.5 Å². The number of nitriles is 1. The van der Waals surface area contributed by atoms with Crippen molar-refractivity contribution in [2.75, 3.05) is 36.4 Å². The van der Waals surface area contributed by atoms with E-state index in [1.807, 2.05) is 18.2 Å². The fraction of sp³-hybridized carbons (Fsp3) is 0.455. The fourth-order valence-electron chi connectivity index (χ4n) is 3.96. The maximum atomic E-state index is 9.91. The molecule has 0 spiro atoms. The van der Waals surface area contributed by atoms with Gasteiger partial charge in [0.25, 0.3) is 0 Å². The molecule has 0 aliphatic carbocycles. The zero-order valence-corrected chi connectivity index (χ0v) is 16.7. The normalized spacial score (nSPS) is 15.7. The van der Waals surface area contributed by atoms with E-state index in [9.17, 15) is 5.26 Å².